The molecular weight excluding hydrogens is 272 g/mol. The van der Waals surface area contributed by atoms with Crippen molar-refractivity contribution in [2.45, 2.75) is 30.6 Å². The Morgan fingerprint density at radius 1 is 0.850 bits per heavy atom. The molecule has 3 rings (SSSR count). The van der Waals surface area contributed by atoms with Crippen LogP contribution in [0.2, 0.25) is 0 Å². The zero-order valence-corrected chi connectivity index (χ0v) is 11.9. The zero-order valence-electron chi connectivity index (χ0n) is 11.1. The van der Waals surface area contributed by atoms with E-state index in [1.165, 1.54) is 29.7 Å². The van der Waals surface area contributed by atoms with Crippen LogP contribution >= 0.6 is 0 Å². The molecule has 0 aromatic heterocycles. The van der Waals surface area contributed by atoms with Gasteiger partial charge in [-0.2, -0.15) is 8.42 Å². The summed E-state index contributed by atoms with van der Waals surface area (Å²) >= 11 is 0. The van der Waals surface area contributed by atoms with Crippen LogP contribution in [0.25, 0.3) is 0 Å². The Kier molecular flexibility index (Phi) is 3.49. The van der Waals surface area contributed by atoms with E-state index in [1.54, 1.807) is 24.3 Å². The van der Waals surface area contributed by atoms with E-state index in [9.17, 15) is 8.42 Å². The predicted octanol–water partition coefficient (Wildman–Crippen LogP) is 3.33. The van der Waals surface area contributed by atoms with Gasteiger partial charge in [-0.25, -0.2) is 0 Å². The molecule has 0 saturated carbocycles. The Labute approximate surface area is 119 Å². The number of hydrogen-bond donors (Lipinski definition) is 0. The topological polar surface area (TPSA) is 43.4 Å². The first-order chi connectivity index (χ1) is 9.65. The van der Waals surface area contributed by atoms with E-state index >= 15 is 0 Å². The summed E-state index contributed by atoms with van der Waals surface area (Å²) in [5, 5.41) is 0. The Bertz CT molecular complexity index is 706. The number of rotatable bonds is 3. The van der Waals surface area contributed by atoms with Gasteiger partial charge < -0.3 is 4.18 Å². The third-order valence-electron chi connectivity index (χ3n) is 3.56. The third kappa shape index (κ3) is 2.70. The lowest BCUT2D eigenvalue weighted by Gasteiger charge is -2.16. The molecule has 0 amide bonds. The van der Waals surface area contributed by atoms with Gasteiger partial charge in [-0.1, -0.05) is 24.3 Å². The van der Waals surface area contributed by atoms with Crippen LogP contribution in [-0.4, -0.2) is 8.42 Å². The van der Waals surface area contributed by atoms with Crippen molar-refractivity contribution in [3.63, 3.8) is 0 Å². The van der Waals surface area contributed by atoms with Crippen LogP contribution in [0, 0.1) is 0 Å². The lowest BCUT2D eigenvalue weighted by Crippen LogP contribution is -2.10. The number of benzene rings is 2. The molecule has 20 heavy (non-hydrogen) atoms. The van der Waals surface area contributed by atoms with E-state index in [4.69, 9.17) is 4.18 Å². The van der Waals surface area contributed by atoms with Gasteiger partial charge in [0.15, 0.2) is 0 Å². The average molecular weight is 288 g/mol. The Morgan fingerprint density at radius 3 is 2.30 bits per heavy atom. The van der Waals surface area contributed by atoms with Crippen molar-refractivity contribution in [2.75, 3.05) is 0 Å². The second-order valence-corrected chi connectivity index (χ2v) is 6.53. The maximum atomic E-state index is 12.1. The minimum atomic E-state index is -3.74. The van der Waals surface area contributed by atoms with E-state index in [0.29, 0.717) is 5.75 Å². The van der Waals surface area contributed by atoms with Crippen LogP contribution in [0.1, 0.15) is 24.0 Å². The molecule has 0 heterocycles. The van der Waals surface area contributed by atoms with E-state index in [0.717, 1.165) is 19.3 Å². The van der Waals surface area contributed by atoms with Crippen LogP contribution < -0.4 is 4.18 Å². The summed E-state index contributed by atoms with van der Waals surface area (Å²) in [6, 6.07) is 13.8. The maximum absolute atomic E-state index is 12.1. The SMILES string of the molecule is O=S(=O)(Oc1ccc2c(c1)CCCC2)c1ccccc1. The van der Waals surface area contributed by atoms with Gasteiger partial charge in [0, 0.05) is 0 Å². The molecule has 0 aliphatic heterocycles. The molecule has 0 atom stereocenters. The first-order valence-corrected chi connectivity index (χ1v) is 8.17. The second kappa shape index (κ2) is 5.29. The van der Waals surface area contributed by atoms with Gasteiger partial charge >= 0.3 is 10.1 Å². The molecule has 0 radical (unpaired) electrons. The molecule has 0 spiro atoms. The summed E-state index contributed by atoms with van der Waals surface area (Å²) in [5.41, 5.74) is 2.51. The van der Waals surface area contributed by atoms with E-state index in [-0.39, 0.29) is 4.90 Å². The molecule has 0 N–H and O–H groups in total. The van der Waals surface area contributed by atoms with Gasteiger partial charge in [-0.15, -0.1) is 0 Å². The highest BCUT2D eigenvalue weighted by molar-refractivity contribution is 7.87. The van der Waals surface area contributed by atoms with Crippen molar-refractivity contribution in [1.29, 1.82) is 0 Å². The molecular formula is C16H16O3S. The van der Waals surface area contributed by atoms with Gasteiger partial charge in [0.1, 0.15) is 10.6 Å². The van der Waals surface area contributed by atoms with Crippen LogP contribution in [0.5, 0.6) is 5.75 Å². The van der Waals surface area contributed by atoms with Crippen LogP contribution in [0.15, 0.2) is 53.4 Å². The first-order valence-electron chi connectivity index (χ1n) is 6.76. The maximum Gasteiger partial charge on any atom is 0.339 e. The highest BCUT2D eigenvalue weighted by atomic mass is 32.2. The minimum Gasteiger partial charge on any atom is -0.379 e. The normalized spacial score (nSPS) is 14.6. The van der Waals surface area contributed by atoms with Gasteiger partial charge in [-0.3, -0.25) is 0 Å². The van der Waals surface area contributed by atoms with E-state index in [1.807, 2.05) is 12.1 Å². The fourth-order valence-electron chi connectivity index (χ4n) is 2.52. The van der Waals surface area contributed by atoms with E-state index in [2.05, 4.69) is 0 Å². The van der Waals surface area contributed by atoms with Gasteiger partial charge in [0.25, 0.3) is 0 Å². The number of fused-ring (bicyclic) bond motifs is 1. The number of hydrogen-bond acceptors (Lipinski definition) is 3. The van der Waals surface area contributed by atoms with Crippen molar-refractivity contribution < 1.29 is 12.6 Å². The molecule has 1 aliphatic carbocycles. The van der Waals surface area contributed by atoms with Crippen molar-refractivity contribution >= 4 is 10.1 Å². The molecule has 2 aromatic rings. The lowest BCUT2D eigenvalue weighted by molar-refractivity contribution is 0.485. The molecule has 2 aromatic carbocycles. The summed E-state index contributed by atoms with van der Waals surface area (Å²) < 4.78 is 29.5. The Morgan fingerprint density at radius 2 is 1.55 bits per heavy atom. The molecule has 1 aliphatic rings. The Hall–Kier alpha value is -1.81. The summed E-state index contributed by atoms with van der Waals surface area (Å²) in [6.07, 6.45) is 4.43. The molecule has 0 unspecified atom stereocenters. The Balaban J connectivity index is 1.88. The van der Waals surface area contributed by atoms with Gasteiger partial charge in [-0.05, 0) is 61.1 Å². The summed E-state index contributed by atoms with van der Waals surface area (Å²) in [6.45, 7) is 0. The smallest absolute Gasteiger partial charge is 0.339 e. The van der Waals surface area contributed by atoms with Crippen LogP contribution in [0.4, 0.5) is 0 Å². The second-order valence-electron chi connectivity index (χ2n) is 4.99. The monoisotopic (exact) mass is 288 g/mol. The molecule has 0 saturated heterocycles. The van der Waals surface area contributed by atoms with Gasteiger partial charge in [0.2, 0.25) is 0 Å². The molecule has 0 bridgehead atoms. The summed E-state index contributed by atoms with van der Waals surface area (Å²) in [5.74, 6) is 0.398. The third-order valence-corrected chi connectivity index (χ3v) is 4.82. The van der Waals surface area contributed by atoms with Gasteiger partial charge in [0.05, 0.1) is 0 Å². The fourth-order valence-corrected chi connectivity index (χ4v) is 3.47. The standard InChI is InChI=1S/C16H16O3S/c17-20(18,16-8-2-1-3-9-16)19-15-11-10-13-6-4-5-7-14(13)12-15/h1-3,8-12H,4-7H2. The summed E-state index contributed by atoms with van der Waals surface area (Å²) in [7, 11) is -3.74. The zero-order chi connectivity index (χ0) is 14.0. The number of aryl methyl sites for hydroxylation is 2. The average Bonchev–Trinajstić information content (AvgIpc) is 2.48. The fraction of sp³-hybridized carbons (Fsp3) is 0.250. The molecule has 4 heteroatoms. The van der Waals surface area contributed by atoms with Crippen LogP contribution in [0.3, 0.4) is 0 Å². The van der Waals surface area contributed by atoms with Crippen molar-refractivity contribution in [3.8, 4) is 5.75 Å². The van der Waals surface area contributed by atoms with Crippen molar-refractivity contribution in [1.82, 2.24) is 0 Å². The molecule has 104 valence electrons. The highest BCUT2D eigenvalue weighted by Crippen LogP contribution is 2.27. The van der Waals surface area contributed by atoms with Crippen LogP contribution in [-0.2, 0) is 23.0 Å². The van der Waals surface area contributed by atoms with Crippen molar-refractivity contribution in [2.24, 2.45) is 0 Å². The molecule has 3 nitrogen and oxygen atoms in total. The largest absolute Gasteiger partial charge is 0.379 e. The quantitative estimate of drug-likeness (QED) is 0.814. The minimum absolute atomic E-state index is 0.178. The predicted molar refractivity (Wildman–Crippen MR) is 77.3 cm³/mol. The lowest BCUT2D eigenvalue weighted by atomic mass is 9.92. The van der Waals surface area contributed by atoms with E-state index < -0.39 is 10.1 Å². The highest BCUT2D eigenvalue weighted by Gasteiger charge is 2.17. The molecule has 0 fully saturated rings. The first kappa shape index (κ1) is 13.2. The van der Waals surface area contributed by atoms with Crippen molar-refractivity contribution in [3.05, 3.63) is 59.7 Å². The summed E-state index contributed by atoms with van der Waals surface area (Å²) in [4.78, 5) is 0.178.